The van der Waals surface area contributed by atoms with Crippen LogP contribution in [0, 0.1) is 0 Å². The van der Waals surface area contributed by atoms with E-state index < -0.39 is 55.5 Å². The number of cyclic esters (lactones) is 2. The molecule has 12 heteroatoms. The Morgan fingerprint density at radius 2 is 1.15 bits per heavy atom. The average molecular weight is 540 g/mol. The Morgan fingerprint density at radius 3 is 1.69 bits per heavy atom. The summed E-state index contributed by atoms with van der Waals surface area (Å²) in [5.74, 6) is -3.71. The van der Waals surface area contributed by atoms with Crippen LogP contribution in [0.3, 0.4) is 0 Å². The highest BCUT2D eigenvalue weighted by Gasteiger charge is 2.36. The van der Waals surface area contributed by atoms with E-state index in [-0.39, 0.29) is 45.1 Å². The molecule has 0 radical (unpaired) electrons. The molecule has 204 valence electrons. The molecule has 4 atom stereocenters. The number of aliphatic hydroxyl groups is 3. The Morgan fingerprint density at radius 1 is 0.667 bits per heavy atom. The van der Waals surface area contributed by atoms with Crippen molar-refractivity contribution < 1.29 is 59.2 Å². The van der Waals surface area contributed by atoms with E-state index in [0.717, 1.165) is 12.1 Å². The lowest BCUT2D eigenvalue weighted by molar-refractivity contribution is -0.128. The van der Waals surface area contributed by atoms with Crippen molar-refractivity contribution in [1.82, 2.24) is 0 Å². The van der Waals surface area contributed by atoms with Crippen LogP contribution in [0.5, 0.6) is 17.2 Å². The summed E-state index contributed by atoms with van der Waals surface area (Å²) in [5.41, 5.74) is -0.369. The van der Waals surface area contributed by atoms with Gasteiger partial charge < -0.3 is 44.8 Å². The van der Waals surface area contributed by atoms with Gasteiger partial charge in [-0.15, -0.1) is 0 Å². The average Bonchev–Trinajstić information content (AvgIpc) is 2.92. The van der Waals surface area contributed by atoms with Crippen molar-refractivity contribution in [3.05, 3.63) is 77.4 Å². The summed E-state index contributed by atoms with van der Waals surface area (Å²) in [4.78, 5) is 38.6. The van der Waals surface area contributed by atoms with Crippen molar-refractivity contribution >= 4 is 17.9 Å². The van der Waals surface area contributed by atoms with Gasteiger partial charge in [-0.2, -0.15) is 0 Å². The first-order valence-corrected chi connectivity index (χ1v) is 11.6. The van der Waals surface area contributed by atoms with E-state index in [9.17, 15) is 45.0 Å². The third-order valence-electron chi connectivity index (χ3n) is 5.99. The zero-order valence-corrected chi connectivity index (χ0v) is 20.1. The molecular formula is C27H24O12. The standard InChI is InChI=1S/C27H24O12/c28-14-3-1-13(2-4-14)25(34)39-22-12-38-27(36)18-8-6-16(30)10-20(18)19-9-15(29)5-7-17(19)26(35)37-11-21(31)23(32)24(22)33/h1-10,21-24,28-33H,11-12H2/t21?,22-,23+,24+/m0/s1. The SMILES string of the molecule is O=C(O[C@H]1COC(=O)c2ccc(O)cc2-c2cc(O)ccc2C(=O)OCC(O)[C@@H](O)[C@@H]1O)c1ccc(O)cc1. The largest absolute Gasteiger partial charge is 0.508 e. The van der Waals surface area contributed by atoms with Gasteiger partial charge in [0.05, 0.1) is 16.7 Å². The van der Waals surface area contributed by atoms with Crippen molar-refractivity contribution in [3.63, 3.8) is 0 Å². The maximum Gasteiger partial charge on any atom is 0.338 e. The number of phenolic OH excluding ortho intramolecular Hbond substituents is 3. The Labute approximate surface area is 220 Å². The smallest absolute Gasteiger partial charge is 0.338 e. The van der Waals surface area contributed by atoms with Crippen LogP contribution < -0.4 is 0 Å². The van der Waals surface area contributed by atoms with Crippen LogP contribution in [0.2, 0.25) is 0 Å². The van der Waals surface area contributed by atoms with Crippen LogP contribution in [-0.2, 0) is 14.2 Å². The van der Waals surface area contributed by atoms with Gasteiger partial charge in [0.2, 0.25) is 0 Å². The molecule has 0 aliphatic carbocycles. The highest BCUT2D eigenvalue weighted by molar-refractivity contribution is 6.03. The monoisotopic (exact) mass is 540 g/mol. The molecule has 0 amide bonds. The molecule has 0 saturated heterocycles. The zero-order valence-electron chi connectivity index (χ0n) is 20.1. The summed E-state index contributed by atoms with van der Waals surface area (Å²) in [6.07, 6.45) is -7.57. The highest BCUT2D eigenvalue weighted by atomic mass is 16.6. The molecule has 6 N–H and O–H groups in total. The van der Waals surface area contributed by atoms with Gasteiger partial charge in [-0.1, -0.05) is 0 Å². The first-order valence-electron chi connectivity index (χ1n) is 11.6. The summed E-state index contributed by atoms with van der Waals surface area (Å²) in [7, 11) is 0. The van der Waals surface area contributed by atoms with E-state index in [2.05, 4.69) is 0 Å². The van der Waals surface area contributed by atoms with Crippen LogP contribution in [0.4, 0.5) is 0 Å². The Bertz CT molecular complexity index is 1380. The second-order valence-electron chi connectivity index (χ2n) is 8.70. The minimum atomic E-state index is -2.01. The number of aromatic hydroxyl groups is 3. The number of carbonyl (C=O) groups is 3. The fourth-order valence-electron chi connectivity index (χ4n) is 3.89. The van der Waals surface area contributed by atoms with Gasteiger partial charge in [-0.3, -0.25) is 0 Å². The van der Waals surface area contributed by atoms with E-state index in [1.807, 2.05) is 0 Å². The van der Waals surface area contributed by atoms with Crippen molar-refractivity contribution in [1.29, 1.82) is 0 Å². The summed E-state index contributed by atoms with van der Waals surface area (Å²) in [6, 6.07) is 12.0. The fraction of sp³-hybridized carbons (Fsp3) is 0.222. The topological polar surface area (TPSA) is 200 Å². The lowest BCUT2D eigenvalue weighted by Crippen LogP contribution is -2.49. The first kappa shape index (κ1) is 27.4. The van der Waals surface area contributed by atoms with Crippen LogP contribution in [0.1, 0.15) is 31.1 Å². The highest BCUT2D eigenvalue weighted by Crippen LogP contribution is 2.34. The molecule has 4 rings (SSSR count). The van der Waals surface area contributed by atoms with Gasteiger partial charge in [-0.25, -0.2) is 14.4 Å². The molecule has 1 heterocycles. The van der Waals surface area contributed by atoms with Crippen LogP contribution in [0.25, 0.3) is 11.1 Å². The molecule has 1 unspecified atom stereocenters. The number of carbonyl (C=O) groups excluding carboxylic acids is 3. The second-order valence-corrected chi connectivity index (χ2v) is 8.70. The molecule has 0 bridgehead atoms. The fourth-order valence-corrected chi connectivity index (χ4v) is 3.89. The van der Waals surface area contributed by atoms with Crippen LogP contribution >= 0.6 is 0 Å². The van der Waals surface area contributed by atoms with Gasteiger partial charge in [0.15, 0.2) is 6.10 Å². The van der Waals surface area contributed by atoms with Crippen molar-refractivity contribution in [3.8, 4) is 28.4 Å². The second kappa shape index (κ2) is 11.4. The van der Waals surface area contributed by atoms with Gasteiger partial charge in [0.25, 0.3) is 0 Å². The number of aliphatic hydroxyl groups excluding tert-OH is 3. The number of esters is 3. The Hall–Kier alpha value is -4.65. The molecule has 3 aromatic carbocycles. The number of rotatable bonds is 2. The zero-order chi connectivity index (χ0) is 28.3. The Kier molecular flexibility index (Phi) is 8.00. The minimum absolute atomic E-state index is 0.00899. The van der Waals surface area contributed by atoms with E-state index >= 15 is 0 Å². The maximum atomic E-state index is 13.1. The van der Waals surface area contributed by atoms with Gasteiger partial charge in [0.1, 0.15) is 48.8 Å². The number of hydrogen-bond donors (Lipinski definition) is 6. The molecular weight excluding hydrogens is 516 g/mol. The molecule has 0 aromatic heterocycles. The maximum absolute atomic E-state index is 13.1. The van der Waals surface area contributed by atoms with Gasteiger partial charge in [-0.05, 0) is 60.7 Å². The van der Waals surface area contributed by atoms with Gasteiger partial charge >= 0.3 is 17.9 Å². The summed E-state index contributed by atoms with van der Waals surface area (Å²) in [6.45, 7) is -1.57. The molecule has 12 nitrogen and oxygen atoms in total. The molecule has 3 aromatic rings. The van der Waals surface area contributed by atoms with E-state index in [1.165, 1.54) is 48.5 Å². The number of hydrogen-bond acceptors (Lipinski definition) is 12. The van der Waals surface area contributed by atoms with Gasteiger partial charge in [0, 0.05) is 11.1 Å². The third-order valence-corrected chi connectivity index (χ3v) is 5.99. The summed E-state index contributed by atoms with van der Waals surface area (Å²) in [5, 5.41) is 61.1. The quantitative estimate of drug-likeness (QED) is 0.200. The molecule has 1 aliphatic rings. The predicted molar refractivity (Wildman–Crippen MR) is 131 cm³/mol. The summed E-state index contributed by atoms with van der Waals surface area (Å²) < 4.78 is 15.6. The molecule has 1 aliphatic heterocycles. The molecule has 0 fully saturated rings. The lowest BCUT2D eigenvalue weighted by Gasteiger charge is -2.29. The Balaban J connectivity index is 1.73. The molecule has 0 spiro atoms. The van der Waals surface area contributed by atoms with E-state index in [4.69, 9.17) is 14.2 Å². The predicted octanol–water partition coefficient (Wildman–Crippen LogP) is 1.11. The van der Waals surface area contributed by atoms with E-state index in [0.29, 0.717) is 0 Å². The lowest BCUT2D eigenvalue weighted by atomic mass is 9.94. The number of phenols is 3. The van der Waals surface area contributed by atoms with Crippen molar-refractivity contribution in [2.45, 2.75) is 24.4 Å². The van der Waals surface area contributed by atoms with E-state index in [1.54, 1.807) is 0 Å². The summed E-state index contributed by atoms with van der Waals surface area (Å²) >= 11 is 0. The third kappa shape index (κ3) is 6.09. The number of benzene rings is 3. The first-order chi connectivity index (χ1) is 18.5. The number of fused-ring (bicyclic) bond motifs is 3. The minimum Gasteiger partial charge on any atom is -0.508 e. The normalized spacial score (nSPS) is 21.9. The van der Waals surface area contributed by atoms with Crippen molar-refractivity contribution in [2.24, 2.45) is 0 Å². The van der Waals surface area contributed by atoms with Crippen LogP contribution in [-0.4, -0.2) is 86.2 Å². The van der Waals surface area contributed by atoms with Crippen molar-refractivity contribution in [2.75, 3.05) is 13.2 Å². The molecule has 39 heavy (non-hydrogen) atoms. The van der Waals surface area contributed by atoms with Crippen LogP contribution in [0.15, 0.2) is 60.7 Å². The molecule has 0 saturated carbocycles. The number of ether oxygens (including phenoxy) is 3.